The van der Waals surface area contributed by atoms with E-state index in [2.05, 4.69) is 52.9 Å². The zero-order valence-electron chi connectivity index (χ0n) is 26.1. The number of hydrogen-bond donors (Lipinski definition) is 2. The predicted molar refractivity (Wildman–Crippen MR) is 184 cm³/mol. The summed E-state index contributed by atoms with van der Waals surface area (Å²) in [5, 5.41) is 4.64. The number of aryl methyl sites for hydroxylation is 1. The van der Waals surface area contributed by atoms with Crippen LogP contribution in [-0.4, -0.2) is 50.3 Å². The van der Waals surface area contributed by atoms with Crippen LogP contribution in [-0.2, 0) is 31.0 Å². The smallest absolute Gasteiger partial charge is 0.322 e. The van der Waals surface area contributed by atoms with Crippen LogP contribution in [0.25, 0.3) is 16.3 Å². The van der Waals surface area contributed by atoms with Crippen molar-refractivity contribution < 1.29 is 31.9 Å². The number of thioether (sulfide) groups is 1. The first kappa shape index (κ1) is 33.6. The maximum atomic E-state index is 13.8. The number of benzene rings is 2. The quantitative estimate of drug-likeness (QED) is 0.111. The first-order valence-electron chi connectivity index (χ1n) is 15.2. The Kier molecular flexibility index (Phi) is 10.5. The molecule has 1 unspecified atom stereocenters. The molecular formula is C34H38N3O6S3+. The molecule has 1 amide bonds. The van der Waals surface area contributed by atoms with Gasteiger partial charge in [0.15, 0.2) is 5.41 Å². The molecule has 9 nitrogen and oxygen atoms in total. The molecule has 2 aromatic carbocycles. The molecule has 242 valence electrons. The number of hydrogen-bond acceptors (Lipinski definition) is 8. The summed E-state index contributed by atoms with van der Waals surface area (Å²) in [6.07, 6.45) is 10.0. The molecule has 0 saturated heterocycles. The Morgan fingerprint density at radius 1 is 1.07 bits per heavy atom. The third kappa shape index (κ3) is 7.30. The van der Waals surface area contributed by atoms with Crippen LogP contribution >= 0.6 is 23.1 Å². The number of amides is 1. The van der Waals surface area contributed by atoms with Gasteiger partial charge in [-0.05, 0) is 69.0 Å². The van der Waals surface area contributed by atoms with Crippen LogP contribution in [0.1, 0.15) is 38.6 Å². The van der Waals surface area contributed by atoms with Crippen LogP contribution < -0.4 is 14.8 Å². The predicted octanol–water partition coefficient (Wildman–Crippen LogP) is 5.90. The van der Waals surface area contributed by atoms with Crippen molar-refractivity contribution >= 4 is 67.1 Å². The van der Waals surface area contributed by atoms with Gasteiger partial charge in [0.2, 0.25) is 11.4 Å². The fourth-order valence-corrected chi connectivity index (χ4v) is 8.42. The van der Waals surface area contributed by atoms with Gasteiger partial charge >= 0.3 is 5.97 Å². The van der Waals surface area contributed by atoms with E-state index in [1.54, 1.807) is 30.0 Å². The lowest BCUT2D eigenvalue weighted by molar-refractivity contribution is -0.665. The minimum Gasteiger partial charge on any atom is -0.465 e. The minimum atomic E-state index is -4.31. The molecule has 3 aromatic rings. The number of nitrogens with zero attached hydrogens (tertiary/aromatic N) is 2. The number of carbonyl (C=O) groups excluding carboxylic acids is 2. The van der Waals surface area contributed by atoms with Gasteiger partial charge in [-0.15, -0.1) is 0 Å². The Morgan fingerprint density at radius 3 is 2.57 bits per heavy atom. The van der Waals surface area contributed by atoms with Gasteiger partial charge < -0.3 is 15.0 Å². The Hall–Kier alpha value is -3.71. The lowest BCUT2D eigenvalue weighted by Gasteiger charge is -2.34. The average Bonchev–Trinajstić information content (AvgIpc) is 3.59. The number of carbonyl (C=O) groups is 2. The molecule has 1 aromatic heterocycles. The summed E-state index contributed by atoms with van der Waals surface area (Å²) in [5.41, 5.74) is 2.14. The van der Waals surface area contributed by atoms with Crippen molar-refractivity contribution in [2.24, 2.45) is 5.41 Å². The number of thiazole rings is 1. The Labute approximate surface area is 278 Å². The molecule has 0 fully saturated rings. The normalized spacial score (nSPS) is 20.0. The van der Waals surface area contributed by atoms with Crippen LogP contribution in [0.5, 0.6) is 0 Å². The fraction of sp³-hybridized carbons (Fsp3) is 0.324. The van der Waals surface area contributed by atoms with Crippen molar-refractivity contribution in [1.29, 1.82) is 0 Å². The Bertz CT molecular complexity index is 1880. The van der Waals surface area contributed by atoms with Crippen molar-refractivity contribution in [3.63, 3.8) is 0 Å². The van der Waals surface area contributed by atoms with Gasteiger partial charge in [0, 0.05) is 30.1 Å². The monoisotopic (exact) mass is 680 g/mol. The molecule has 46 heavy (non-hydrogen) atoms. The van der Waals surface area contributed by atoms with E-state index in [9.17, 15) is 22.6 Å². The molecule has 1 aliphatic carbocycles. The highest BCUT2D eigenvalue weighted by atomic mass is 32.2. The van der Waals surface area contributed by atoms with E-state index in [-0.39, 0.29) is 26.0 Å². The van der Waals surface area contributed by atoms with Crippen molar-refractivity contribution in [3.8, 4) is 0 Å². The average molecular weight is 681 g/mol. The number of nitrogens with one attached hydrogen (secondary N) is 1. The second kappa shape index (κ2) is 14.4. The number of allylic oxidation sites excluding steroid dienone is 6. The fourth-order valence-electron chi connectivity index (χ4n) is 5.81. The third-order valence-corrected chi connectivity index (χ3v) is 10.9. The van der Waals surface area contributed by atoms with E-state index in [0.717, 1.165) is 55.1 Å². The van der Waals surface area contributed by atoms with Crippen molar-refractivity contribution in [1.82, 2.24) is 5.32 Å². The van der Waals surface area contributed by atoms with E-state index >= 15 is 0 Å². The van der Waals surface area contributed by atoms with Gasteiger partial charge in [0.1, 0.15) is 11.2 Å². The number of aromatic nitrogens is 1. The van der Waals surface area contributed by atoms with Gasteiger partial charge in [-0.1, -0.05) is 65.6 Å². The molecule has 5 rings (SSSR count). The lowest BCUT2D eigenvalue weighted by atomic mass is 9.71. The largest absolute Gasteiger partial charge is 0.465 e. The molecule has 12 heteroatoms. The molecule has 2 heterocycles. The van der Waals surface area contributed by atoms with Gasteiger partial charge in [0.25, 0.3) is 15.1 Å². The van der Waals surface area contributed by atoms with E-state index < -0.39 is 33.2 Å². The highest BCUT2D eigenvalue weighted by molar-refractivity contribution is 8.03. The van der Waals surface area contributed by atoms with Gasteiger partial charge in [-0.2, -0.15) is 13.0 Å². The minimum absolute atomic E-state index is 0.0618. The molecule has 0 bridgehead atoms. The summed E-state index contributed by atoms with van der Waals surface area (Å²) >= 11 is 3.32. The molecule has 1 atom stereocenters. The summed E-state index contributed by atoms with van der Waals surface area (Å²) < 4.78 is 40.8. The van der Waals surface area contributed by atoms with Crippen LogP contribution in [0.15, 0.2) is 93.9 Å². The van der Waals surface area contributed by atoms with Crippen molar-refractivity contribution in [2.75, 3.05) is 30.3 Å². The Morgan fingerprint density at radius 2 is 1.83 bits per heavy atom. The molecular weight excluding hydrogens is 643 g/mol. The summed E-state index contributed by atoms with van der Waals surface area (Å²) in [6.45, 7) is 7.15. The lowest BCUT2D eigenvalue weighted by Crippen LogP contribution is -2.49. The summed E-state index contributed by atoms with van der Waals surface area (Å²) in [5.74, 6) is -1.99. The first-order valence-corrected chi connectivity index (χ1v) is 18.5. The zero-order chi connectivity index (χ0) is 32.9. The van der Waals surface area contributed by atoms with E-state index in [1.807, 2.05) is 54.6 Å². The topological polar surface area (TPSA) is 117 Å². The SMILES string of the molecule is CCOC(=O)C1(C(=O)NCCS(=O)(=O)O)CC(=CC=C2Sc3ccccc3N2CC)C=C(C=Cc2sc3ccccc3[n+]2CC)C1. The van der Waals surface area contributed by atoms with E-state index in [0.29, 0.717) is 0 Å². The number of fused-ring (bicyclic) bond motifs is 2. The van der Waals surface area contributed by atoms with Crippen molar-refractivity contribution in [3.05, 3.63) is 94.0 Å². The van der Waals surface area contributed by atoms with Gasteiger partial charge in [-0.3, -0.25) is 14.1 Å². The molecule has 2 N–H and O–H groups in total. The second-order valence-corrected chi connectivity index (χ2v) is 14.7. The summed E-state index contributed by atoms with van der Waals surface area (Å²) in [7, 11) is -4.31. The molecule has 0 spiro atoms. The third-order valence-electron chi connectivity index (χ3n) is 7.91. The standard InChI is InChI=1S/C34H37N3O6S3/c1-4-36-26-11-7-9-13-28(26)44-30(36)17-15-24-21-25(16-18-31-37(5-2)27-12-8-10-14-29(27)45-31)23-34(22-24,33(39)43-6-3)32(38)35-19-20-46(40,41)42/h7-18,21H,4-6,19-20,22-23H2,1-3H3,(H-,35,38,40,41,42)/p+1. The van der Waals surface area contributed by atoms with Gasteiger partial charge in [0.05, 0.1) is 23.1 Å². The highest BCUT2D eigenvalue weighted by Crippen LogP contribution is 2.46. The Balaban J connectivity index is 1.55. The number of esters is 1. The molecule has 2 aliphatic rings. The van der Waals surface area contributed by atoms with Crippen LogP contribution in [0.4, 0.5) is 5.69 Å². The molecule has 1 aliphatic heterocycles. The van der Waals surface area contributed by atoms with Gasteiger partial charge in [-0.25, -0.2) is 0 Å². The number of anilines is 1. The second-order valence-electron chi connectivity index (χ2n) is 11.0. The molecule has 0 radical (unpaired) electrons. The summed E-state index contributed by atoms with van der Waals surface area (Å²) in [4.78, 5) is 30.8. The zero-order valence-corrected chi connectivity index (χ0v) is 28.5. The number of ether oxygens (including phenoxy) is 1. The highest BCUT2D eigenvalue weighted by Gasteiger charge is 2.49. The first-order chi connectivity index (χ1) is 22.1. The number of para-hydroxylation sites is 2. The summed E-state index contributed by atoms with van der Waals surface area (Å²) in [6, 6.07) is 16.4. The van der Waals surface area contributed by atoms with E-state index in [4.69, 9.17) is 4.74 Å². The van der Waals surface area contributed by atoms with Crippen LogP contribution in [0.2, 0.25) is 0 Å². The maximum absolute atomic E-state index is 13.8. The van der Waals surface area contributed by atoms with Crippen LogP contribution in [0.3, 0.4) is 0 Å². The maximum Gasteiger partial charge on any atom is 0.322 e. The van der Waals surface area contributed by atoms with Crippen molar-refractivity contribution in [2.45, 2.75) is 45.1 Å². The number of rotatable bonds is 11. The van der Waals surface area contributed by atoms with E-state index in [1.165, 1.54) is 0 Å². The molecule has 0 saturated carbocycles. The van der Waals surface area contributed by atoms with Crippen LogP contribution in [0, 0.1) is 5.41 Å².